The molecule has 2 aliphatic heterocycles. The minimum absolute atomic E-state index is 0.211. The van der Waals surface area contributed by atoms with Gasteiger partial charge in [-0.15, -0.1) is 0 Å². The van der Waals surface area contributed by atoms with Crippen LogP contribution >= 0.6 is 0 Å². The van der Waals surface area contributed by atoms with Gasteiger partial charge in [0.15, 0.2) is 5.82 Å². The number of nitrogens with zero attached hydrogens (tertiary/aromatic N) is 6. The van der Waals surface area contributed by atoms with Gasteiger partial charge in [0.2, 0.25) is 5.95 Å². The maximum absolute atomic E-state index is 13.4. The molecule has 7 heteroatoms. The Labute approximate surface area is 188 Å². The molecular weight excluding hydrogens is 403 g/mol. The van der Waals surface area contributed by atoms with E-state index in [9.17, 15) is 4.39 Å². The number of halogens is 1. The van der Waals surface area contributed by atoms with Crippen molar-refractivity contribution in [1.29, 1.82) is 0 Å². The molecule has 3 atom stereocenters. The summed E-state index contributed by atoms with van der Waals surface area (Å²) < 4.78 is 15.4. The van der Waals surface area contributed by atoms with E-state index in [4.69, 9.17) is 10.1 Å². The monoisotopic (exact) mass is 432 g/mol. The van der Waals surface area contributed by atoms with E-state index in [1.165, 1.54) is 30.7 Å². The van der Waals surface area contributed by atoms with Gasteiger partial charge in [0.1, 0.15) is 5.82 Å². The van der Waals surface area contributed by atoms with Gasteiger partial charge in [0, 0.05) is 55.9 Å². The molecule has 6 nitrogen and oxygen atoms in total. The molecule has 0 spiro atoms. The summed E-state index contributed by atoms with van der Waals surface area (Å²) in [5.74, 6) is 3.68. The first-order chi connectivity index (χ1) is 15.6. The summed E-state index contributed by atoms with van der Waals surface area (Å²) in [6, 6.07) is 11.0. The Morgan fingerprint density at radius 2 is 1.78 bits per heavy atom. The lowest BCUT2D eigenvalue weighted by Gasteiger charge is -2.39. The van der Waals surface area contributed by atoms with Crippen molar-refractivity contribution in [2.45, 2.75) is 39.2 Å². The van der Waals surface area contributed by atoms with E-state index in [1.54, 1.807) is 0 Å². The highest BCUT2D eigenvalue weighted by Crippen LogP contribution is 2.44. The highest BCUT2D eigenvalue weighted by atomic mass is 19.1. The molecule has 0 amide bonds. The minimum Gasteiger partial charge on any atom is -0.371 e. The number of piperidine rings is 1. The molecule has 1 aliphatic carbocycles. The van der Waals surface area contributed by atoms with Crippen LogP contribution in [0.5, 0.6) is 0 Å². The fourth-order valence-corrected chi connectivity index (χ4v) is 5.98. The largest absolute Gasteiger partial charge is 0.371 e. The number of fused-ring (bicyclic) bond motifs is 3. The molecule has 166 valence electrons. The first-order valence-corrected chi connectivity index (χ1v) is 11.8. The van der Waals surface area contributed by atoms with Crippen LogP contribution in [0.15, 0.2) is 42.6 Å². The van der Waals surface area contributed by atoms with Crippen molar-refractivity contribution in [2.75, 3.05) is 29.4 Å². The fourth-order valence-electron chi connectivity index (χ4n) is 5.98. The molecule has 4 heterocycles. The van der Waals surface area contributed by atoms with E-state index in [1.807, 2.05) is 23.0 Å². The molecule has 1 saturated carbocycles. The molecule has 3 aliphatic rings. The molecule has 1 unspecified atom stereocenters. The first-order valence-electron chi connectivity index (χ1n) is 11.8. The number of benzene rings is 1. The summed E-state index contributed by atoms with van der Waals surface area (Å²) in [6.45, 7) is 6.07. The lowest BCUT2D eigenvalue weighted by molar-refractivity contribution is 0.265. The standard InChI is InChI=1S/C25H29FN6/c1-17-13-22(9-10-27-17)30-15-18-3-4-19(16-30)23(18)14-24-28-25-31(11-2-12-32(25)29-24)21-7-5-20(26)6-8-21/h5-10,13,18-19,23H,2-4,11-12,14-16H2,1H3/t18-,19+,23?. The summed E-state index contributed by atoms with van der Waals surface area (Å²) in [5.41, 5.74) is 3.36. The molecule has 2 fully saturated rings. The van der Waals surface area contributed by atoms with Gasteiger partial charge >= 0.3 is 0 Å². The Bertz CT molecular complexity index is 1100. The third-order valence-corrected chi connectivity index (χ3v) is 7.52. The maximum atomic E-state index is 13.4. The van der Waals surface area contributed by atoms with E-state index in [0.717, 1.165) is 62.2 Å². The van der Waals surface area contributed by atoms with Crippen molar-refractivity contribution in [1.82, 2.24) is 19.7 Å². The summed E-state index contributed by atoms with van der Waals surface area (Å²) in [6.07, 6.45) is 6.49. The van der Waals surface area contributed by atoms with Crippen LogP contribution < -0.4 is 9.80 Å². The van der Waals surface area contributed by atoms with Crippen molar-refractivity contribution >= 4 is 17.3 Å². The minimum atomic E-state index is -0.211. The lowest BCUT2D eigenvalue weighted by Crippen LogP contribution is -2.42. The molecule has 1 aromatic carbocycles. The molecule has 0 N–H and O–H groups in total. The number of anilines is 3. The van der Waals surface area contributed by atoms with Crippen LogP contribution in [0.4, 0.5) is 21.7 Å². The van der Waals surface area contributed by atoms with E-state index in [2.05, 4.69) is 33.8 Å². The van der Waals surface area contributed by atoms with Gasteiger partial charge in [0.05, 0.1) is 0 Å². The smallest absolute Gasteiger partial charge is 0.228 e. The van der Waals surface area contributed by atoms with Gasteiger partial charge in [-0.05, 0) is 80.3 Å². The van der Waals surface area contributed by atoms with Crippen LogP contribution in [0, 0.1) is 30.5 Å². The van der Waals surface area contributed by atoms with Crippen LogP contribution in [0.2, 0.25) is 0 Å². The zero-order valence-corrected chi connectivity index (χ0v) is 18.5. The Morgan fingerprint density at radius 3 is 2.53 bits per heavy atom. The molecule has 6 rings (SSSR count). The summed E-state index contributed by atoms with van der Waals surface area (Å²) in [4.78, 5) is 14.0. The van der Waals surface area contributed by atoms with Gasteiger partial charge in [-0.2, -0.15) is 10.1 Å². The van der Waals surface area contributed by atoms with Gasteiger partial charge in [0.25, 0.3) is 0 Å². The van der Waals surface area contributed by atoms with E-state index < -0.39 is 0 Å². The lowest BCUT2D eigenvalue weighted by atomic mass is 9.82. The Balaban J connectivity index is 1.20. The molecule has 2 aromatic heterocycles. The molecule has 0 radical (unpaired) electrons. The molecule has 32 heavy (non-hydrogen) atoms. The van der Waals surface area contributed by atoms with Gasteiger partial charge in [-0.1, -0.05) is 0 Å². The quantitative estimate of drug-likeness (QED) is 0.613. The highest BCUT2D eigenvalue weighted by molar-refractivity contribution is 5.58. The van der Waals surface area contributed by atoms with Crippen molar-refractivity contribution in [3.05, 3.63) is 59.9 Å². The van der Waals surface area contributed by atoms with E-state index in [0.29, 0.717) is 17.8 Å². The molecular formula is C25H29FN6. The van der Waals surface area contributed by atoms with Crippen molar-refractivity contribution < 1.29 is 4.39 Å². The highest BCUT2D eigenvalue weighted by Gasteiger charge is 2.42. The van der Waals surface area contributed by atoms with Crippen LogP contribution in [0.3, 0.4) is 0 Å². The molecule has 2 bridgehead atoms. The van der Waals surface area contributed by atoms with Crippen LogP contribution in [-0.4, -0.2) is 39.4 Å². The Kier molecular flexibility index (Phi) is 4.85. The number of hydrogen-bond acceptors (Lipinski definition) is 5. The second kappa shape index (κ2) is 7.87. The van der Waals surface area contributed by atoms with E-state index in [-0.39, 0.29) is 5.82 Å². The predicted molar refractivity (Wildman–Crippen MR) is 123 cm³/mol. The maximum Gasteiger partial charge on any atom is 0.228 e. The van der Waals surface area contributed by atoms with Crippen LogP contribution in [-0.2, 0) is 13.0 Å². The number of hydrogen-bond donors (Lipinski definition) is 0. The van der Waals surface area contributed by atoms with Crippen LogP contribution in [0.25, 0.3) is 0 Å². The number of pyridine rings is 1. The van der Waals surface area contributed by atoms with Gasteiger partial charge in [-0.3, -0.25) is 4.98 Å². The van der Waals surface area contributed by atoms with E-state index >= 15 is 0 Å². The second-order valence-corrected chi connectivity index (χ2v) is 9.56. The first kappa shape index (κ1) is 19.7. The van der Waals surface area contributed by atoms with Crippen molar-refractivity contribution in [3.8, 4) is 0 Å². The number of aromatic nitrogens is 4. The number of rotatable bonds is 4. The average Bonchev–Trinajstić information content (AvgIpc) is 3.30. The van der Waals surface area contributed by atoms with Gasteiger partial charge < -0.3 is 9.80 Å². The van der Waals surface area contributed by atoms with Crippen molar-refractivity contribution in [3.63, 3.8) is 0 Å². The Morgan fingerprint density at radius 1 is 1.00 bits per heavy atom. The zero-order chi connectivity index (χ0) is 21.7. The second-order valence-electron chi connectivity index (χ2n) is 9.56. The fraction of sp³-hybridized carbons (Fsp3) is 0.480. The predicted octanol–water partition coefficient (Wildman–Crippen LogP) is 4.37. The normalized spacial score (nSPS) is 24.6. The number of aryl methyl sites for hydroxylation is 2. The molecule has 1 saturated heterocycles. The zero-order valence-electron chi connectivity index (χ0n) is 18.5. The SMILES string of the molecule is Cc1cc(N2C[C@H]3CC[C@@H](C2)C3Cc2nc3n(n2)CCCN3c2ccc(F)cc2)ccn1. The third-order valence-electron chi connectivity index (χ3n) is 7.52. The summed E-state index contributed by atoms with van der Waals surface area (Å²) in [7, 11) is 0. The van der Waals surface area contributed by atoms with Crippen LogP contribution in [0.1, 0.15) is 30.8 Å². The Hall–Kier alpha value is -2.96. The molecule has 3 aromatic rings. The van der Waals surface area contributed by atoms with Crippen molar-refractivity contribution in [2.24, 2.45) is 17.8 Å². The summed E-state index contributed by atoms with van der Waals surface area (Å²) >= 11 is 0. The average molecular weight is 433 g/mol. The van der Waals surface area contributed by atoms with Gasteiger partial charge in [-0.25, -0.2) is 9.07 Å². The summed E-state index contributed by atoms with van der Waals surface area (Å²) in [5, 5.41) is 4.89. The topological polar surface area (TPSA) is 50.1 Å². The third kappa shape index (κ3) is 3.53.